The predicted octanol–water partition coefficient (Wildman–Crippen LogP) is 3.61. The maximum absolute atomic E-state index is 12.8. The first-order valence-corrected chi connectivity index (χ1v) is 7.01. The quantitative estimate of drug-likeness (QED) is 0.636. The Hall–Kier alpha value is -3.12. The van der Waals surface area contributed by atoms with Gasteiger partial charge in [-0.1, -0.05) is 11.6 Å². The number of anilines is 2. The van der Waals surface area contributed by atoms with Crippen molar-refractivity contribution < 1.29 is 18.0 Å². The molecular weight excluding hydrogens is 359 g/mol. The lowest BCUT2D eigenvalue weighted by molar-refractivity contribution is -0.137. The van der Waals surface area contributed by atoms with Crippen LogP contribution in [0.1, 0.15) is 5.56 Å². The zero-order chi connectivity index (χ0) is 18.4. The number of amides is 1. The fraction of sp³-hybridized carbons (Fsp3) is 0.0667. The van der Waals surface area contributed by atoms with Crippen LogP contribution >= 0.6 is 11.6 Å². The Kier molecular flexibility index (Phi) is 5.56. The van der Waals surface area contributed by atoms with E-state index in [0.717, 1.165) is 12.3 Å². The number of halogens is 4. The van der Waals surface area contributed by atoms with Crippen molar-refractivity contribution in [2.75, 3.05) is 10.6 Å². The van der Waals surface area contributed by atoms with Crippen LogP contribution < -0.4 is 10.6 Å². The second-order valence-electron chi connectivity index (χ2n) is 4.53. The van der Waals surface area contributed by atoms with Gasteiger partial charge in [-0.3, -0.25) is 4.79 Å². The monoisotopic (exact) mass is 367 g/mol. The molecule has 128 valence electrons. The van der Waals surface area contributed by atoms with Gasteiger partial charge in [-0.15, -0.1) is 0 Å². The second kappa shape index (κ2) is 7.63. The molecule has 25 heavy (non-hydrogen) atoms. The van der Waals surface area contributed by atoms with Gasteiger partial charge >= 0.3 is 6.18 Å². The van der Waals surface area contributed by atoms with Crippen molar-refractivity contribution in [2.24, 2.45) is 0 Å². The first kappa shape index (κ1) is 18.2. The van der Waals surface area contributed by atoms with Crippen molar-refractivity contribution in [3.05, 3.63) is 59.0 Å². The number of nitriles is 1. The largest absolute Gasteiger partial charge is 0.417 e. The number of benzene rings is 1. The third kappa shape index (κ3) is 4.92. The first-order chi connectivity index (χ1) is 11.8. The molecule has 2 rings (SSSR count). The van der Waals surface area contributed by atoms with E-state index in [4.69, 9.17) is 16.9 Å². The summed E-state index contributed by atoms with van der Waals surface area (Å²) >= 11 is 5.50. The van der Waals surface area contributed by atoms with Crippen LogP contribution in [0.3, 0.4) is 0 Å². The maximum Gasteiger partial charge on any atom is 0.417 e. The molecule has 0 unspecified atom stereocenters. The highest BCUT2D eigenvalue weighted by molar-refractivity contribution is 6.31. The minimum Gasteiger partial charge on any atom is -0.329 e. The smallest absolute Gasteiger partial charge is 0.329 e. The van der Waals surface area contributed by atoms with E-state index in [1.165, 1.54) is 18.5 Å². The van der Waals surface area contributed by atoms with Gasteiger partial charge in [0, 0.05) is 24.3 Å². The van der Waals surface area contributed by atoms with Crippen LogP contribution in [0.15, 0.2) is 48.4 Å². The fourth-order valence-electron chi connectivity index (χ4n) is 1.68. The van der Waals surface area contributed by atoms with Gasteiger partial charge in [-0.25, -0.2) is 9.97 Å². The van der Waals surface area contributed by atoms with Gasteiger partial charge in [0.15, 0.2) is 0 Å². The Balaban J connectivity index is 2.16. The summed E-state index contributed by atoms with van der Waals surface area (Å²) in [7, 11) is 0. The number of nitrogens with one attached hydrogen (secondary N) is 2. The number of carbonyl (C=O) groups excluding carboxylic acids is 1. The van der Waals surface area contributed by atoms with Gasteiger partial charge in [0.25, 0.3) is 5.91 Å². The SMILES string of the molecule is N#C/C(=C/Nc1ncccn1)C(=O)Nc1ccc(Cl)c(C(F)(F)F)c1. The Labute approximate surface area is 145 Å². The topological polar surface area (TPSA) is 90.7 Å². The highest BCUT2D eigenvalue weighted by atomic mass is 35.5. The van der Waals surface area contributed by atoms with E-state index < -0.39 is 22.7 Å². The third-order valence-corrected chi connectivity index (χ3v) is 3.14. The molecule has 0 atom stereocenters. The number of hydrogen-bond acceptors (Lipinski definition) is 5. The summed E-state index contributed by atoms with van der Waals surface area (Å²) in [5.74, 6) is -0.754. The normalized spacial score (nSPS) is 11.6. The summed E-state index contributed by atoms with van der Waals surface area (Å²) in [6.45, 7) is 0. The predicted molar refractivity (Wildman–Crippen MR) is 84.4 cm³/mol. The number of aromatic nitrogens is 2. The molecular formula is C15H9ClF3N5O. The first-order valence-electron chi connectivity index (χ1n) is 6.63. The molecule has 0 radical (unpaired) electrons. The molecule has 0 spiro atoms. The van der Waals surface area contributed by atoms with Crippen LogP contribution in [0.25, 0.3) is 0 Å². The maximum atomic E-state index is 12.8. The number of nitrogens with zero attached hydrogens (tertiary/aromatic N) is 3. The molecule has 1 aromatic heterocycles. The molecule has 0 bridgehead atoms. The number of carbonyl (C=O) groups is 1. The molecule has 0 aliphatic rings. The summed E-state index contributed by atoms with van der Waals surface area (Å²) in [4.78, 5) is 19.7. The molecule has 0 saturated carbocycles. The van der Waals surface area contributed by atoms with E-state index in [2.05, 4.69) is 20.6 Å². The minimum absolute atomic E-state index is 0.147. The zero-order valence-corrected chi connectivity index (χ0v) is 13.1. The van der Waals surface area contributed by atoms with Crippen molar-refractivity contribution in [2.45, 2.75) is 6.18 Å². The van der Waals surface area contributed by atoms with E-state index in [9.17, 15) is 18.0 Å². The molecule has 2 aromatic rings. The van der Waals surface area contributed by atoms with Crippen molar-refractivity contribution in [3.63, 3.8) is 0 Å². The van der Waals surface area contributed by atoms with Crippen LogP contribution in [-0.2, 0) is 11.0 Å². The fourth-order valence-corrected chi connectivity index (χ4v) is 1.90. The summed E-state index contributed by atoms with van der Waals surface area (Å²) in [6, 6.07) is 6.09. The molecule has 0 aliphatic carbocycles. The summed E-state index contributed by atoms with van der Waals surface area (Å²) in [5, 5.41) is 13.3. The highest BCUT2D eigenvalue weighted by Crippen LogP contribution is 2.36. The number of hydrogen-bond donors (Lipinski definition) is 2. The molecule has 6 nitrogen and oxygen atoms in total. The van der Waals surface area contributed by atoms with Crippen LogP contribution in [0.4, 0.5) is 24.8 Å². The summed E-state index contributed by atoms with van der Waals surface area (Å²) in [5.41, 5.74) is -1.62. The Morgan fingerprint density at radius 1 is 1.28 bits per heavy atom. The molecule has 0 fully saturated rings. The van der Waals surface area contributed by atoms with Crippen LogP contribution in [0, 0.1) is 11.3 Å². The molecule has 1 heterocycles. The molecule has 10 heteroatoms. The Morgan fingerprint density at radius 3 is 2.56 bits per heavy atom. The second-order valence-corrected chi connectivity index (χ2v) is 4.94. The van der Waals surface area contributed by atoms with Gasteiger partial charge in [-0.05, 0) is 24.3 Å². The van der Waals surface area contributed by atoms with Crippen molar-refractivity contribution in [1.29, 1.82) is 5.26 Å². The van der Waals surface area contributed by atoms with Gasteiger partial charge in [-0.2, -0.15) is 18.4 Å². The van der Waals surface area contributed by atoms with E-state index in [1.54, 1.807) is 12.1 Å². The van der Waals surface area contributed by atoms with Gasteiger partial charge in [0.1, 0.15) is 11.6 Å². The van der Waals surface area contributed by atoms with Crippen LogP contribution in [0.5, 0.6) is 0 Å². The Morgan fingerprint density at radius 2 is 1.96 bits per heavy atom. The van der Waals surface area contributed by atoms with Crippen molar-refractivity contribution in [1.82, 2.24) is 9.97 Å². The van der Waals surface area contributed by atoms with Crippen LogP contribution in [-0.4, -0.2) is 15.9 Å². The van der Waals surface area contributed by atoms with Gasteiger partial charge in [0.2, 0.25) is 5.95 Å². The molecule has 0 saturated heterocycles. The lowest BCUT2D eigenvalue weighted by Gasteiger charge is -2.11. The molecule has 1 aromatic carbocycles. The molecule has 1 amide bonds. The lowest BCUT2D eigenvalue weighted by Crippen LogP contribution is -2.16. The van der Waals surface area contributed by atoms with Crippen molar-refractivity contribution >= 4 is 29.1 Å². The number of alkyl halides is 3. The Bertz CT molecular complexity index is 846. The average Bonchev–Trinajstić information content (AvgIpc) is 2.57. The summed E-state index contributed by atoms with van der Waals surface area (Å²) < 4.78 is 38.4. The lowest BCUT2D eigenvalue weighted by atomic mass is 10.2. The molecule has 2 N–H and O–H groups in total. The van der Waals surface area contributed by atoms with Crippen LogP contribution in [0.2, 0.25) is 5.02 Å². The standard InChI is InChI=1S/C15H9ClF3N5O/c16-12-3-2-10(6-11(12)15(17,18)19)24-13(25)9(7-20)8-23-14-21-4-1-5-22-14/h1-6,8H,(H,24,25)(H,21,22,23)/b9-8-. The highest BCUT2D eigenvalue weighted by Gasteiger charge is 2.33. The third-order valence-electron chi connectivity index (χ3n) is 2.81. The van der Waals surface area contributed by atoms with Gasteiger partial charge in [0.05, 0.1) is 10.6 Å². The van der Waals surface area contributed by atoms with E-state index in [0.29, 0.717) is 6.07 Å². The van der Waals surface area contributed by atoms with E-state index in [1.807, 2.05) is 0 Å². The average molecular weight is 368 g/mol. The van der Waals surface area contributed by atoms with E-state index >= 15 is 0 Å². The van der Waals surface area contributed by atoms with E-state index in [-0.39, 0.29) is 17.2 Å². The number of rotatable bonds is 4. The van der Waals surface area contributed by atoms with Crippen molar-refractivity contribution in [3.8, 4) is 6.07 Å². The zero-order valence-electron chi connectivity index (χ0n) is 12.3. The molecule has 0 aliphatic heterocycles. The van der Waals surface area contributed by atoms with Gasteiger partial charge < -0.3 is 10.6 Å². The minimum atomic E-state index is -4.67. The summed E-state index contributed by atoms with van der Waals surface area (Å²) in [6.07, 6.45) is -0.730.